The molecule has 0 unspecified atom stereocenters. The van der Waals surface area contributed by atoms with Gasteiger partial charge in [0.25, 0.3) is 0 Å². The fourth-order valence-corrected chi connectivity index (χ4v) is 4.52. The average molecular weight is 428 g/mol. The van der Waals surface area contributed by atoms with Crippen LogP contribution in [0.15, 0.2) is 30.5 Å². The van der Waals surface area contributed by atoms with Crippen molar-refractivity contribution < 1.29 is 4.79 Å². The normalized spacial score (nSPS) is 25.5. The molecular formula is C23H30ClN5O. The quantitative estimate of drug-likeness (QED) is 0.724. The van der Waals surface area contributed by atoms with Gasteiger partial charge >= 0.3 is 0 Å². The molecule has 7 heteroatoms. The molecule has 160 valence electrons. The summed E-state index contributed by atoms with van der Waals surface area (Å²) < 4.78 is 0. The molecule has 6 nitrogen and oxygen atoms in total. The SMILES string of the molecule is Cc1cnc(NC2CCC(NC(=O)[C@@H]3C[C@H]3c3ccc(Cl)cc3)CC2)nc1N(C)C. The van der Waals surface area contributed by atoms with Gasteiger partial charge in [-0.2, -0.15) is 4.98 Å². The van der Waals surface area contributed by atoms with Gasteiger partial charge in [0.05, 0.1) is 0 Å². The lowest BCUT2D eigenvalue weighted by atomic mass is 9.91. The van der Waals surface area contributed by atoms with Crippen LogP contribution < -0.4 is 15.5 Å². The number of hydrogen-bond donors (Lipinski definition) is 2. The summed E-state index contributed by atoms with van der Waals surface area (Å²) in [5, 5.41) is 7.49. The minimum Gasteiger partial charge on any atom is -0.362 e. The molecule has 1 aromatic carbocycles. The molecule has 0 bridgehead atoms. The summed E-state index contributed by atoms with van der Waals surface area (Å²) in [6.45, 7) is 2.02. The first-order valence-corrected chi connectivity index (χ1v) is 11.1. The van der Waals surface area contributed by atoms with E-state index in [9.17, 15) is 4.79 Å². The first-order chi connectivity index (χ1) is 14.4. The van der Waals surface area contributed by atoms with Crippen LogP contribution >= 0.6 is 11.6 Å². The Morgan fingerprint density at radius 1 is 1.10 bits per heavy atom. The molecule has 2 fully saturated rings. The van der Waals surface area contributed by atoms with Crippen molar-refractivity contribution in [2.24, 2.45) is 5.92 Å². The Bertz CT molecular complexity index is 893. The molecule has 0 saturated heterocycles. The van der Waals surface area contributed by atoms with Crippen LogP contribution in [-0.2, 0) is 4.79 Å². The molecule has 2 atom stereocenters. The highest BCUT2D eigenvalue weighted by Crippen LogP contribution is 2.47. The number of hydrogen-bond acceptors (Lipinski definition) is 5. The highest BCUT2D eigenvalue weighted by atomic mass is 35.5. The molecule has 0 spiro atoms. The minimum atomic E-state index is 0.104. The molecule has 2 aliphatic rings. The summed E-state index contributed by atoms with van der Waals surface area (Å²) in [6.07, 6.45) is 6.77. The summed E-state index contributed by atoms with van der Waals surface area (Å²) in [5.74, 6) is 2.26. The Morgan fingerprint density at radius 2 is 1.77 bits per heavy atom. The number of nitrogens with zero attached hydrogens (tertiary/aromatic N) is 3. The van der Waals surface area contributed by atoms with Crippen molar-refractivity contribution in [3.05, 3.63) is 46.6 Å². The van der Waals surface area contributed by atoms with Gasteiger partial charge < -0.3 is 15.5 Å². The summed E-state index contributed by atoms with van der Waals surface area (Å²) >= 11 is 5.96. The number of benzene rings is 1. The number of anilines is 2. The van der Waals surface area contributed by atoms with Crippen LogP contribution in [0.4, 0.5) is 11.8 Å². The third kappa shape index (κ3) is 4.86. The van der Waals surface area contributed by atoms with E-state index in [0.29, 0.717) is 17.9 Å². The number of carbonyl (C=O) groups excluding carboxylic acids is 1. The maximum atomic E-state index is 12.7. The second-order valence-corrected chi connectivity index (χ2v) is 9.23. The predicted octanol–water partition coefficient (Wildman–Crippen LogP) is 4.15. The van der Waals surface area contributed by atoms with Crippen molar-refractivity contribution in [1.29, 1.82) is 0 Å². The van der Waals surface area contributed by atoms with Crippen molar-refractivity contribution in [1.82, 2.24) is 15.3 Å². The van der Waals surface area contributed by atoms with E-state index in [-0.39, 0.29) is 17.9 Å². The van der Waals surface area contributed by atoms with Gasteiger partial charge in [0, 0.05) is 48.9 Å². The third-order valence-corrected chi connectivity index (χ3v) is 6.45. The van der Waals surface area contributed by atoms with Crippen LogP contribution in [0.3, 0.4) is 0 Å². The number of carbonyl (C=O) groups is 1. The molecule has 0 aliphatic heterocycles. The van der Waals surface area contributed by atoms with Crippen molar-refractivity contribution in [2.75, 3.05) is 24.3 Å². The van der Waals surface area contributed by atoms with Crippen molar-refractivity contribution in [2.45, 2.75) is 57.0 Å². The van der Waals surface area contributed by atoms with Gasteiger partial charge in [0.1, 0.15) is 5.82 Å². The van der Waals surface area contributed by atoms with Crippen molar-refractivity contribution in [3.8, 4) is 0 Å². The Kier molecular flexibility index (Phi) is 6.14. The second kappa shape index (κ2) is 8.80. The zero-order valence-electron chi connectivity index (χ0n) is 17.9. The second-order valence-electron chi connectivity index (χ2n) is 8.80. The van der Waals surface area contributed by atoms with Gasteiger partial charge in [0.2, 0.25) is 11.9 Å². The topological polar surface area (TPSA) is 70.1 Å². The van der Waals surface area contributed by atoms with Crippen LogP contribution in [-0.4, -0.2) is 42.1 Å². The lowest BCUT2D eigenvalue weighted by Gasteiger charge is -2.30. The van der Waals surface area contributed by atoms with Crippen LogP contribution in [0.25, 0.3) is 0 Å². The van der Waals surface area contributed by atoms with Gasteiger partial charge in [-0.25, -0.2) is 4.98 Å². The fraction of sp³-hybridized carbons (Fsp3) is 0.522. The number of aryl methyl sites for hydroxylation is 1. The van der Waals surface area contributed by atoms with Crippen LogP contribution in [0.5, 0.6) is 0 Å². The van der Waals surface area contributed by atoms with Crippen molar-refractivity contribution >= 4 is 29.3 Å². The highest BCUT2D eigenvalue weighted by molar-refractivity contribution is 6.30. The Labute approximate surface area is 183 Å². The summed E-state index contributed by atoms with van der Waals surface area (Å²) in [7, 11) is 3.98. The zero-order valence-corrected chi connectivity index (χ0v) is 18.6. The lowest BCUT2D eigenvalue weighted by molar-refractivity contribution is -0.123. The Hall–Kier alpha value is -2.34. The molecular weight excluding hydrogens is 398 g/mol. The number of rotatable bonds is 6. The number of nitrogens with one attached hydrogen (secondary N) is 2. The van der Waals surface area contributed by atoms with Gasteiger partial charge in [-0.15, -0.1) is 0 Å². The maximum absolute atomic E-state index is 12.7. The molecule has 1 aromatic heterocycles. The van der Waals surface area contributed by atoms with E-state index in [1.165, 1.54) is 5.56 Å². The van der Waals surface area contributed by atoms with Gasteiger partial charge in [0.15, 0.2) is 0 Å². The Morgan fingerprint density at radius 3 is 2.43 bits per heavy atom. The summed E-state index contributed by atoms with van der Waals surface area (Å²) in [5.41, 5.74) is 2.27. The van der Waals surface area contributed by atoms with E-state index < -0.39 is 0 Å². The van der Waals surface area contributed by atoms with Crippen LogP contribution in [0.2, 0.25) is 5.02 Å². The molecule has 1 amide bonds. The van der Waals surface area contributed by atoms with Gasteiger partial charge in [-0.1, -0.05) is 23.7 Å². The third-order valence-electron chi connectivity index (χ3n) is 6.20. The largest absolute Gasteiger partial charge is 0.362 e. The molecule has 4 rings (SSSR count). The summed E-state index contributed by atoms with van der Waals surface area (Å²) in [6, 6.07) is 8.48. The lowest BCUT2D eigenvalue weighted by Crippen LogP contribution is -2.41. The Balaban J connectivity index is 1.24. The monoisotopic (exact) mass is 427 g/mol. The molecule has 1 heterocycles. The first-order valence-electron chi connectivity index (χ1n) is 10.7. The average Bonchev–Trinajstić information content (AvgIpc) is 3.52. The number of aromatic nitrogens is 2. The zero-order chi connectivity index (χ0) is 21.3. The molecule has 2 N–H and O–H groups in total. The minimum absolute atomic E-state index is 0.104. The number of amides is 1. The van der Waals surface area contributed by atoms with E-state index in [1.54, 1.807) is 0 Å². The van der Waals surface area contributed by atoms with E-state index in [4.69, 9.17) is 11.6 Å². The van der Waals surface area contributed by atoms with E-state index in [1.807, 2.05) is 56.4 Å². The molecule has 30 heavy (non-hydrogen) atoms. The van der Waals surface area contributed by atoms with Crippen LogP contribution in [0, 0.1) is 12.8 Å². The first kappa shape index (κ1) is 20.9. The van der Waals surface area contributed by atoms with E-state index in [2.05, 4.69) is 20.6 Å². The van der Waals surface area contributed by atoms with Crippen LogP contribution in [0.1, 0.15) is 49.1 Å². The fourth-order valence-electron chi connectivity index (χ4n) is 4.39. The maximum Gasteiger partial charge on any atom is 0.224 e. The van der Waals surface area contributed by atoms with Crippen molar-refractivity contribution in [3.63, 3.8) is 0 Å². The predicted molar refractivity (Wildman–Crippen MR) is 121 cm³/mol. The highest BCUT2D eigenvalue weighted by Gasteiger charge is 2.44. The molecule has 2 saturated carbocycles. The van der Waals surface area contributed by atoms with E-state index >= 15 is 0 Å². The van der Waals surface area contributed by atoms with Gasteiger partial charge in [-0.3, -0.25) is 4.79 Å². The van der Waals surface area contributed by atoms with Gasteiger partial charge in [-0.05, 0) is 62.6 Å². The van der Waals surface area contributed by atoms with E-state index in [0.717, 1.165) is 48.5 Å². The molecule has 0 radical (unpaired) electrons. The standard InChI is InChI=1S/C23H30ClN5O/c1-14-13-25-23(28-21(14)29(2)3)27-18-10-8-17(9-11-18)26-22(30)20-12-19(20)15-4-6-16(24)7-5-15/h4-7,13,17-20H,8-12H2,1-3H3,(H,26,30)(H,25,27,28)/t17?,18?,19-,20+/m0/s1. The number of halogens is 1. The molecule has 2 aromatic rings. The smallest absolute Gasteiger partial charge is 0.224 e. The molecule has 2 aliphatic carbocycles. The summed E-state index contributed by atoms with van der Waals surface area (Å²) in [4.78, 5) is 23.7.